The predicted molar refractivity (Wildman–Crippen MR) is 65.3 cm³/mol. The Morgan fingerprint density at radius 1 is 1.38 bits per heavy atom. The lowest BCUT2D eigenvalue weighted by Crippen LogP contribution is -2.61. The number of ether oxygens (including phenoxy) is 2. The van der Waals surface area contributed by atoms with Crippen molar-refractivity contribution in [3.63, 3.8) is 0 Å². The second-order valence-electron chi connectivity index (χ2n) is 4.79. The molecule has 0 aromatic carbocycles. The maximum atomic E-state index is 5.95. The lowest BCUT2D eigenvalue weighted by atomic mass is 9.98. The van der Waals surface area contributed by atoms with E-state index in [2.05, 4.69) is 18.7 Å². The zero-order chi connectivity index (χ0) is 12.2. The minimum absolute atomic E-state index is 0.222. The number of rotatable bonds is 8. The minimum Gasteiger partial charge on any atom is -0.354 e. The van der Waals surface area contributed by atoms with Crippen LogP contribution in [0.25, 0.3) is 0 Å². The molecule has 1 aliphatic rings. The molecule has 1 unspecified atom stereocenters. The Hall–Kier alpha value is -0.160. The normalized spacial score (nSPS) is 20.4. The van der Waals surface area contributed by atoms with Gasteiger partial charge in [0.25, 0.3) is 0 Å². The molecule has 1 atom stereocenters. The van der Waals surface area contributed by atoms with Gasteiger partial charge >= 0.3 is 0 Å². The summed E-state index contributed by atoms with van der Waals surface area (Å²) >= 11 is 0. The molecule has 1 aliphatic carbocycles. The van der Waals surface area contributed by atoms with Crippen molar-refractivity contribution < 1.29 is 9.47 Å². The molecule has 0 aromatic rings. The Kier molecular flexibility index (Phi) is 5.18. The monoisotopic (exact) mass is 230 g/mol. The van der Waals surface area contributed by atoms with Gasteiger partial charge in [-0.15, -0.1) is 0 Å². The van der Waals surface area contributed by atoms with Gasteiger partial charge in [-0.05, 0) is 32.7 Å². The first-order valence-electron chi connectivity index (χ1n) is 6.16. The van der Waals surface area contributed by atoms with E-state index >= 15 is 0 Å². The van der Waals surface area contributed by atoms with Crippen LogP contribution in [0, 0.1) is 0 Å². The first-order valence-corrected chi connectivity index (χ1v) is 6.16. The summed E-state index contributed by atoms with van der Waals surface area (Å²) in [6.07, 6.45) is 3.42. The zero-order valence-electron chi connectivity index (χ0n) is 11.0. The van der Waals surface area contributed by atoms with Crippen LogP contribution in [0.3, 0.4) is 0 Å². The number of nitrogens with zero attached hydrogens (tertiary/aromatic N) is 1. The van der Waals surface area contributed by atoms with Gasteiger partial charge in [0, 0.05) is 26.8 Å². The molecule has 1 saturated carbocycles. The molecule has 1 rings (SSSR count). The highest BCUT2D eigenvalue weighted by Gasteiger charge is 2.45. The maximum Gasteiger partial charge on any atom is 0.176 e. The average Bonchev–Trinajstić information content (AvgIpc) is 3.11. The van der Waals surface area contributed by atoms with E-state index in [1.807, 2.05) is 0 Å². The summed E-state index contributed by atoms with van der Waals surface area (Å²) in [5, 5.41) is 0. The molecule has 0 heterocycles. The molecule has 0 aliphatic heterocycles. The minimum atomic E-state index is -0.260. The van der Waals surface area contributed by atoms with Gasteiger partial charge in [-0.3, -0.25) is 4.90 Å². The molecule has 0 radical (unpaired) electrons. The van der Waals surface area contributed by atoms with Crippen molar-refractivity contribution in [2.24, 2.45) is 5.73 Å². The lowest BCUT2D eigenvalue weighted by Gasteiger charge is -2.44. The maximum absolute atomic E-state index is 5.95. The van der Waals surface area contributed by atoms with E-state index in [-0.39, 0.29) is 11.8 Å². The van der Waals surface area contributed by atoms with Crippen molar-refractivity contribution in [1.82, 2.24) is 4.90 Å². The fraction of sp³-hybridized carbons (Fsp3) is 1.00. The number of methoxy groups -OCH3 is 2. The highest BCUT2D eigenvalue weighted by Crippen LogP contribution is 2.35. The molecule has 0 aromatic heterocycles. The molecule has 2 N–H and O–H groups in total. The van der Waals surface area contributed by atoms with Crippen LogP contribution in [-0.4, -0.2) is 50.1 Å². The van der Waals surface area contributed by atoms with Crippen molar-refractivity contribution in [3.05, 3.63) is 0 Å². The molecule has 0 saturated heterocycles. The summed E-state index contributed by atoms with van der Waals surface area (Å²) in [4.78, 5) is 2.46. The van der Waals surface area contributed by atoms with E-state index in [9.17, 15) is 0 Å². The van der Waals surface area contributed by atoms with Crippen LogP contribution in [-0.2, 0) is 9.47 Å². The fourth-order valence-electron chi connectivity index (χ4n) is 2.44. The Bertz CT molecular complexity index is 205. The van der Waals surface area contributed by atoms with Crippen molar-refractivity contribution in [3.8, 4) is 0 Å². The van der Waals surface area contributed by atoms with Gasteiger partial charge in [0.05, 0.1) is 5.54 Å². The van der Waals surface area contributed by atoms with Crippen LogP contribution in [0.2, 0.25) is 0 Å². The summed E-state index contributed by atoms with van der Waals surface area (Å²) in [7, 11) is 3.36. The van der Waals surface area contributed by atoms with E-state index in [0.717, 1.165) is 13.0 Å². The van der Waals surface area contributed by atoms with Gasteiger partial charge in [-0.25, -0.2) is 0 Å². The third-order valence-corrected chi connectivity index (χ3v) is 3.46. The van der Waals surface area contributed by atoms with Crippen LogP contribution < -0.4 is 5.73 Å². The molecule has 0 spiro atoms. The molecular weight excluding hydrogens is 204 g/mol. The molecule has 0 bridgehead atoms. The van der Waals surface area contributed by atoms with Crippen LogP contribution in [0.15, 0.2) is 0 Å². The van der Waals surface area contributed by atoms with Crippen LogP contribution in [0.4, 0.5) is 0 Å². The van der Waals surface area contributed by atoms with E-state index in [0.29, 0.717) is 12.6 Å². The van der Waals surface area contributed by atoms with Crippen LogP contribution in [0.1, 0.15) is 33.1 Å². The summed E-state index contributed by atoms with van der Waals surface area (Å²) < 4.78 is 10.8. The molecule has 4 nitrogen and oxygen atoms in total. The van der Waals surface area contributed by atoms with Gasteiger partial charge in [0.2, 0.25) is 0 Å². The third-order valence-electron chi connectivity index (χ3n) is 3.46. The average molecular weight is 230 g/mol. The van der Waals surface area contributed by atoms with Crippen molar-refractivity contribution in [2.45, 2.75) is 51.0 Å². The van der Waals surface area contributed by atoms with E-state index in [4.69, 9.17) is 15.2 Å². The Labute approximate surface area is 99.1 Å². The van der Waals surface area contributed by atoms with Crippen molar-refractivity contribution in [2.75, 3.05) is 27.3 Å². The van der Waals surface area contributed by atoms with E-state index in [1.54, 1.807) is 14.2 Å². The zero-order valence-corrected chi connectivity index (χ0v) is 11.0. The number of nitrogens with two attached hydrogens (primary N) is 1. The first kappa shape index (κ1) is 13.9. The second-order valence-corrected chi connectivity index (χ2v) is 4.79. The van der Waals surface area contributed by atoms with Gasteiger partial charge in [0.15, 0.2) is 6.29 Å². The van der Waals surface area contributed by atoms with Crippen LogP contribution in [0.5, 0.6) is 0 Å². The summed E-state index contributed by atoms with van der Waals surface area (Å²) in [5.41, 5.74) is 5.73. The van der Waals surface area contributed by atoms with Crippen molar-refractivity contribution in [1.29, 1.82) is 0 Å². The molecular formula is C12H26N2O2. The highest BCUT2D eigenvalue weighted by atomic mass is 16.7. The molecule has 16 heavy (non-hydrogen) atoms. The third kappa shape index (κ3) is 2.74. The summed E-state index contributed by atoms with van der Waals surface area (Å²) in [6, 6.07) is 0.668. The largest absolute Gasteiger partial charge is 0.354 e. The summed E-state index contributed by atoms with van der Waals surface area (Å²) in [5.74, 6) is 0. The van der Waals surface area contributed by atoms with Gasteiger partial charge in [-0.1, -0.05) is 6.92 Å². The van der Waals surface area contributed by atoms with E-state index < -0.39 is 0 Å². The number of hydrogen-bond donors (Lipinski definition) is 1. The molecule has 0 amide bonds. The predicted octanol–water partition coefficient (Wildman–Crippen LogP) is 1.20. The topological polar surface area (TPSA) is 47.7 Å². The first-order chi connectivity index (χ1) is 7.63. The lowest BCUT2D eigenvalue weighted by molar-refractivity contribution is -0.183. The van der Waals surface area contributed by atoms with Gasteiger partial charge < -0.3 is 15.2 Å². The SMILES string of the molecule is CCCN(C1CC1)C(C)(CN)C(OC)OC. The quantitative estimate of drug-likeness (QED) is 0.636. The van der Waals surface area contributed by atoms with E-state index in [1.165, 1.54) is 12.8 Å². The standard InChI is InChI=1S/C12H26N2O2/c1-5-8-14(10-6-7-10)12(2,9-13)11(15-3)16-4/h10-11H,5-9,13H2,1-4H3. The highest BCUT2D eigenvalue weighted by molar-refractivity contribution is 4.98. The molecule has 1 fully saturated rings. The van der Waals surface area contributed by atoms with Crippen molar-refractivity contribution >= 4 is 0 Å². The Morgan fingerprint density at radius 3 is 2.25 bits per heavy atom. The number of hydrogen-bond acceptors (Lipinski definition) is 4. The molecule has 96 valence electrons. The summed E-state index contributed by atoms with van der Waals surface area (Å²) in [6.45, 7) is 5.94. The van der Waals surface area contributed by atoms with Crippen LogP contribution >= 0.6 is 0 Å². The Balaban J connectivity index is 2.80. The smallest absolute Gasteiger partial charge is 0.176 e. The Morgan fingerprint density at radius 2 is 1.94 bits per heavy atom. The fourth-order valence-corrected chi connectivity index (χ4v) is 2.44. The second kappa shape index (κ2) is 5.96. The van der Waals surface area contributed by atoms with Gasteiger partial charge in [-0.2, -0.15) is 0 Å². The molecule has 4 heteroatoms. The van der Waals surface area contributed by atoms with Gasteiger partial charge in [0.1, 0.15) is 0 Å².